The van der Waals surface area contributed by atoms with Gasteiger partial charge in [0.2, 0.25) is 0 Å². The molecule has 78 valence electrons. The van der Waals surface area contributed by atoms with E-state index in [-0.39, 0.29) is 6.10 Å². The van der Waals surface area contributed by atoms with Crippen molar-refractivity contribution in [3.8, 4) is 0 Å². The van der Waals surface area contributed by atoms with Gasteiger partial charge in [0.05, 0.1) is 6.10 Å². The molecule has 0 saturated heterocycles. The van der Waals surface area contributed by atoms with E-state index in [0.29, 0.717) is 0 Å². The van der Waals surface area contributed by atoms with Crippen LogP contribution in [0.3, 0.4) is 0 Å². The molecule has 0 bridgehead atoms. The Balaban J connectivity index is 2.89. The van der Waals surface area contributed by atoms with E-state index in [1.807, 2.05) is 6.92 Å². The third-order valence-corrected chi connectivity index (χ3v) is 2.92. The summed E-state index contributed by atoms with van der Waals surface area (Å²) in [6.07, 6.45) is 1.64. The van der Waals surface area contributed by atoms with Crippen LogP contribution in [-0.4, -0.2) is 11.2 Å². The Hall–Kier alpha value is -0.820. The highest BCUT2D eigenvalue weighted by Gasteiger charge is 2.06. The maximum absolute atomic E-state index is 9.26. The lowest BCUT2D eigenvalue weighted by Crippen LogP contribution is -2.04. The summed E-state index contributed by atoms with van der Waals surface area (Å²) < 4.78 is 0. The van der Waals surface area contributed by atoms with Crippen molar-refractivity contribution in [1.82, 2.24) is 0 Å². The average molecular weight is 192 g/mol. The second-order valence-corrected chi connectivity index (χ2v) is 4.19. The van der Waals surface area contributed by atoms with E-state index in [1.54, 1.807) is 0 Å². The van der Waals surface area contributed by atoms with Gasteiger partial charge in [-0.15, -0.1) is 0 Å². The summed E-state index contributed by atoms with van der Waals surface area (Å²) in [7, 11) is 0. The van der Waals surface area contributed by atoms with E-state index in [0.717, 1.165) is 12.8 Å². The van der Waals surface area contributed by atoms with Gasteiger partial charge in [0.15, 0.2) is 0 Å². The zero-order valence-corrected chi connectivity index (χ0v) is 9.59. The first kappa shape index (κ1) is 11.3. The molecule has 0 spiro atoms. The Bertz CT molecular complexity index is 313. The minimum Gasteiger partial charge on any atom is -0.393 e. The van der Waals surface area contributed by atoms with Gasteiger partial charge in [-0.25, -0.2) is 0 Å². The molecule has 0 unspecified atom stereocenters. The highest BCUT2D eigenvalue weighted by atomic mass is 16.3. The van der Waals surface area contributed by atoms with Gasteiger partial charge in [-0.05, 0) is 62.8 Å². The summed E-state index contributed by atoms with van der Waals surface area (Å²) in [4.78, 5) is 0. The van der Waals surface area contributed by atoms with Gasteiger partial charge in [0.25, 0.3) is 0 Å². The fourth-order valence-electron chi connectivity index (χ4n) is 1.75. The smallest absolute Gasteiger partial charge is 0.0515 e. The van der Waals surface area contributed by atoms with Crippen LogP contribution in [0.1, 0.15) is 35.6 Å². The van der Waals surface area contributed by atoms with Crippen molar-refractivity contribution in [2.45, 2.75) is 46.6 Å². The van der Waals surface area contributed by atoms with Crippen LogP contribution in [0.4, 0.5) is 0 Å². The number of aliphatic hydroxyl groups excluding tert-OH is 1. The van der Waals surface area contributed by atoms with E-state index in [2.05, 4.69) is 32.9 Å². The molecule has 1 nitrogen and oxygen atoms in total. The van der Waals surface area contributed by atoms with Crippen molar-refractivity contribution >= 4 is 0 Å². The molecule has 0 amide bonds. The van der Waals surface area contributed by atoms with Gasteiger partial charge < -0.3 is 5.11 Å². The second-order valence-electron chi connectivity index (χ2n) is 4.19. The van der Waals surface area contributed by atoms with Crippen LogP contribution >= 0.6 is 0 Å². The first-order valence-electron chi connectivity index (χ1n) is 5.26. The van der Waals surface area contributed by atoms with Crippen LogP contribution < -0.4 is 0 Å². The summed E-state index contributed by atoms with van der Waals surface area (Å²) in [5, 5.41) is 9.26. The van der Waals surface area contributed by atoms with Gasteiger partial charge in [-0.3, -0.25) is 0 Å². The Morgan fingerprint density at radius 2 is 1.71 bits per heavy atom. The summed E-state index contributed by atoms with van der Waals surface area (Å²) in [5.41, 5.74) is 5.47. The molecule has 0 aliphatic carbocycles. The van der Waals surface area contributed by atoms with Crippen molar-refractivity contribution in [2.24, 2.45) is 0 Å². The molecule has 1 N–H and O–H groups in total. The molecular weight excluding hydrogens is 172 g/mol. The Kier molecular flexibility index (Phi) is 3.70. The van der Waals surface area contributed by atoms with E-state index in [4.69, 9.17) is 0 Å². The molecule has 1 heteroatoms. The fourth-order valence-corrected chi connectivity index (χ4v) is 1.75. The summed E-state index contributed by atoms with van der Waals surface area (Å²) in [6, 6.07) is 4.33. The number of aryl methyl sites for hydroxylation is 2. The first-order valence-corrected chi connectivity index (χ1v) is 5.26. The quantitative estimate of drug-likeness (QED) is 0.780. The van der Waals surface area contributed by atoms with E-state index in [9.17, 15) is 5.11 Å². The predicted molar refractivity (Wildman–Crippen MR) is 60.7 cm³/mol. The number of aliphatic hydroxyl groups is 1. The Morgan fingerprint density at radius 1 is 1.14 bits per heavy atom. The predicted octanol–water partition coefficient (Wildman–Crippen LogP) is 2.93. The maximum atomic E-state index is 9.26. The molecule has 0 aromatic heterocycles. The molecule has 0 fully saturated rings. The lowest BCUT2D eigenvalue weighted by atomic mass is 9.94. The lowest BCUT2D eigenvalue weighted by molar-refractivity contribution is 0.185. The molecule has 1 aromatic carbocycles. The van der Waals surface area contributed by atoms with Gasteiger partial charge in [0, 0.05) is 0 Å². The molecule has 1 aromatic rings. The van der Waals surface area contributed by atoms with Gasteiger partial charge in [-0.1, -0.05) is 12.1 Å². The topological polar surface area (TPSA) is 20.2 Å². The molecule has 0 heterocycles. The number of hydrogen-bond donors (Lipinski definition) is 1. The Morgan fingerprint density at radius 3 is 2.29 bits per heavy atom. The summed E-state index contributed by atoms with van der Waals surface area (Å²) in [6.45, 7) is 8.30. The first-order chi connectivity index (χ1) is 6.52. The molecule has 0 aliphatic heterocycles. The highest BCUT2D eigenvalue weighted by Crippen LogP contribution is 2.19. The summed E-state index contributed by atoms with van der Waals surface area (Å²) >= 11 is 0. The maximum Gasteiger partial charge on any atom is 0.0515 e. The third-order valence-electron chi connectivity index (χ3n) is 2.92. The number of rotatable bonds is 3. The second kappa shape index (κ2) is 4.61. The number of hydrogen-bond acceptors (Lipinski definition) is 1. The molecule has 14 heavy (non-hydrogen) atoms. The third kappa shape index (κ3) is 2.58. The highest BCUT2D eigenvalue weighted by molar-refractivity contribution is 5.39. The summed E-state index contributed by atoms with van der Waals surface area (Å²) in [5.74, 6) is 0. The molecule has 0 aliphatic rings. The SMILES string of the molecule is Cc1ccc(C)c(CC[C@H](C)O)c1C. The van der Waals surface area contributed by atoms with Crippen molar-refractivity contribution in [2.75, 3.05) is 0 Å². The standard InChI is InChI=1S/C13H20O/c1-9-5-6-10(2)13(12(9)4)8-7-11(3)14/h5-6,11,14H,7-8H2,1-4H3/t11-/m0/s1. The van der Waals surface area contributed by atoms with E-state index in [1.165, 1.54) is 22.3 Å². The van der Waals surface area contributed by atoms with Crippen molar-refractivity contribution in [1.29, 1.82) is 0 Å². The van der Waals surface area contributed by atoms with Gasteiger partial charge in [-0.2, -0.15) is 0 Å². The number of benzene rings is 1. The van der Waals surface area contributed by atoms with Crippen molar-refractivity contribution in [3.05, 3.63) is 34.4 Å². The van der Waals surface area contributed by atoms with Crippen LogP contribution in [0.25, 0.3) is 0 Å². The van der Waals surface area contributed by atoms with Crippen molar-refractivity contribution < 1.29 is 5.11 Å². The zero-order chi connectivity index (χ0) is 10.7. The van der Waals surface area contributed by atoms with Crippen molar-refractivity contribution in [3.63, 3.8) is 0 Å². The normalized spacial score (nSPS) is 12.9. The monoisotopic (exact) mass is 192 g/mol. The van der Waals surface area contributed by atoms with Crippen LogP contribution in [0.5, 0.6) is 0 Å². The minimum atomic E-state index is -0.200. The van der Waals surface area contributed by atoms with Gasteiger partial charge in [0.1, 0.15) is 0 Å². The fraction of sp³-hybridized carbons (Fsp3) is 0.538. The minimum absolute atomic E-state index is 0.200. The molecule has 1 rings (SSSR count). The van der Waals surface area contributed by atoms with E-state index < -0.39 is 0 Å². The van der Waals surface area contributed by atoms with Gasteiger partial charge >= 0.3 is 0 Å². The molecular formula is C13H20O. The average Bonchev–Trinajstić information content (AvgIpc) is 2.11. The largest absolute Gasteiger partial charge is 0.393 e. The zero-order valence-electron chi connectivity index (χ0n) is 9.59. The Labute approximate surface area is 86.8 Å². The molecule has 0 saturated carbocycles. The molecule has 1 atom stereocenters. The van der Waals surface area contributed by atoms with Crippen LogP contribution in [-0.2, 0) is 6.42 Å². The van der Waals surface area contributed by atoms with Crippen LogP contribution in [0.15, 0.2) is 12.1 Å². The van der Waals surface area contributed by atoms with Crippen LogP contribution in [0.2, 0.25) is 0 Å². The molecule has 0 radical (unpaired) electrons. The lowest BCUT2D eigenvalue weighted by Gasteiger charge is -2.13. The van der Waals surface area contributed by atoms with Crippen LogP contribution in [0, 0.1) is 20.8 Å². The van der Waals surface area contributed by atoms with E-state index >= 15 is 0 Å².